The molecule has 0 aromatic heterocycles. The van der Waals surface area contributed by atoms with Crippen molar-refractivity contribution < 1.29 is 39.5 Å². The van der Waals surface area contributed by atoms with Crippen LogP contribution in [0.25, 0.3) is 0 Å². The third-order valence-corrected chi connectivity index (χ3v) is 1.93. The predicted molar refractivity (Wildman–Crippen MR) is 44.6 cm³/mol. The fourth-order valence-corrected chi connectivity index (χ4v) is 0.991. The van der Waals surface area contributed by atoms with Crippen LogP contribution in [-0.2, 0) is 4.79 Å². The molecule has 0 amide bonds. The molecule has 1 unspecified atom stereocenters. The van der Waals surface area contributed by atoms with Crippen LogP contribution in [0.3, 0.4) is 0 Å². The van der Waals surface area contributed by atoms with E-state index in [-0.39, 0.29) is 29.6 Å². The molecule has 0 saturated carbocycles. The largest absolute Gasteiger partial charge is 1.00 e. The number of aryl methyl sites for hydroxylation is 1. The third-order valence-electron chi connectivity index (χ3n) is 1.93. The molecule has 13 heavy (non-hydrogen) atoms. The van der Waals surface area contributed by atoms with Crippen LogP contribution in [0.15, 0.2) is 24.3 Å². The molecule has 0 fully saturated rings. The second kappa shape index (κ2) is 5.43. The standard InChI is InChI=1S/C10H12O2.Na/c1-7-3-5-9(6-4-7)8(2)10(11)12;/h3-6,8H,1-2H3,(H,11,12);/q;+1/p-1. The van der Waals surface area contributed by atoms with Gasteiger partial charge in [0.15, 0.2) is 0 Å². The molecule has 1 aromatic rings. The number of aliphatic carboxylic acids is 1. The minimum atomic E-state index is -1.03. The number of hydrogen-bond acceptors (Lipinski definition) is 2. The Hall–Kier alpha value is -0.310. The van der Waals surface area contributed by atoms with Crippen LogP contribution in [-0.4, -0.2) is 5.97 Å². The first-order valence-corrected chi connectivity index (χ1v) is 3.88. The Labute approximate surface area is 100 Å². The number of carboxylic acids is 1. The summed E-state index contributed by atoms with van der Waals surface area (Å²) in [6, 6.07) is 7.43. The summed E-state index contributed by atoms with van der Waals surface area (Å²) in [5.74, 6) is -1.55. The van der Waals surface area contributed by atoms with Gasteiger partial charge in [-0.1, -0.05) is 36.8 Å². The molecular formula is C10H11NaO2. The van der Waals surface area contributed by atoms with Crippen molar-refractivity contribution in [1.29, 1.82) is 0 Å². The van der Waals surface area contributed by atoms with Gasteiger partial charge in [0.05, 0.1) is 0 Å². The molecule has 0 aliphatic rings. The molecule has 0 saturated heterocycles. The predicted octanol–water partition coefficient (Wildman–Crippen LogP) is -2.15. The summed E-state index contributed by atoms with van der Waals surface area (Å²) in [7, 11) is 0. The zero-order chi connectivity index (χ0) is 9.14. The quantitative estimate of drug-likeness (QED) is 0.494. The monoisotopic (exact) mass is 186 g/mol. The van der Waals surface area contributed by atoms with Gasteiger partial charge in [0.1, 0.15) is 0 Å². The Kier molecular flexibility index (Phi) is 5.30. The van der Waals surface area contributed by atoms with Crippen molar-refractivity contribution >= 4 is 5.97 Å². The van der Waals surface area contributed by atoms with Crippen molar-refractivity contribution in [1.82, 2.24) is 0 Å². The summed E-state index contributed by atoms with van der Waals surface area (Å²) in [6.07, 6.45) is 0. The summed E-state index contributed by atoms with van der Waals surface area (Å²) in [5, 5.41) is 10.5. The van der Waals surface area contributed by atoms with Gasteiger partial charge in [-0.2, -0.15) is 0 Å². The van der Waals surface area contributed by atoms with E-state index in [4.69, 9.17) is 0 Å². The van der Waals surface area contributed by atoms with E-state index in [9.17, 15) is 9.90 Å². The molecule has 1 atom stereocenters. The fraction of sp³-hybridized carbons (Fsp3) is 0.300. The number of rotatable bonds is 2. The van der Waals surface area contributed by atoms with E-state index < -0.39 is 11.9 Å². The third kappa shape index (κ3) is 3.51. The first kappa shape index (κ1) is 12.7. The van der Waals surface area contributed by atoms with Crippen molar-refractivity contribution in [3.8, 4) is 0 Å². The summed E-state index contributed by atoms with van der Waals surface area (Å²) in [5.41, 5.74) is 1.92. The van der Waals surface area contributed by atoms with Gasteiger partial charge >= 0.3 is 29.6 Å². The van der Waals surface area contributed by atoms with E-state index in [1.807, 2.05) is 31.2 Å². The average molecular weight is 186 g/mol. The van der Waals surface area contributed by atoms with Gasteiger partial charge in [-0.05, 0) is 12.5 Å². The van der Waals surface area contributed by atoms with E-state index in [0.29, 0.717) is 0 Å². The minimum absolute atomic E-state index is 0. The molecule has 1 aromatic carbocycles. The Balaban J connectivity index is 0.00000144. The molecule has 0 heterocycles. The van der Waals surface area contributed by atoms with E-state index in [0.717, 1.165) is 11.1 Å². The number of benzene rings is 1. The Morgan fingerprint density at radius 3 is 2.15 bits per heavy atom. The van der Waals surface area contributed by atoms with E-state index in [1.165, 1.54) is 0 Å². The first-order chi connectivity index (χ1) is 5.61. The van der Waals surface area contributed by atoms with Crippen molar-refractivity contribution in [2.45, 2.75) is 19.8 Å². The number of carbonyl (C=O) groups excluding carboxylic acids is 1. The van der Waals surface area contributed by atoms with Crippen LogP contribution in [0.4, 0.5) is 0 Å². The van der Waals surface area contributed by atoms with Gasteiger partial charge in [-0.25, -0.2) is 0 Å². The Bertz CT molecular complexity index is 279. The normalized spacial score (nSPS) is 11.5. The zero-order valence-electron chi connectivity index (χ0n) is 8.20. The van der Waals surface area contributed by atoms with Crippen LogP contribution in [0, 0.1) is 6.92 Å². The van der Waals surface area contributed by atoms with Gasteiger partial charge in [0.2, 0.25) is 0 Å². The van der Waals surface area contributed by atoms with Gasteiger partial charge in [-0.15, -0.1) is 0 Å². The van der Waals surface area contributed by atoms with E-state index >= 15 is 0 Å². The SMILES string of the molecule is Cc1ccc(C(C)C(=O)[O-])cc1.[Na+]. The van der Waals surface area contributed by atoms with Crippen molar-refractivity contribution in [2.75, 3.05) is 0 Å². The Morgan fingerprint density at radius 1 is 1.31 bits per heavy atom. The molecule has 0 N–H and O–H groups in total. The van der Waals surface area contributed by atoms with E-state index in [1.54, 1.807) is 6.92 Å². The fourth-order valence-electron chi connectivity index (χ4n) is 0.991. The molecule has 0 aliphatic carbocycles. The summed E-state index contributed by atoms with van der Waals surface area (Å²) in [4.78, 5) is 10.5. The molecule has 0 radical (unpaired) electrons. The second-order valence-electron chi connectivity index (χ2n) is 2.95. The van der Waals surface area contributed by atoms with Crippen LogP contribution < -0.4 is 34.7 Å². The summed E-state index contributed by atoms with van der Waals surface area (Å²) >= 11 is 0. The van der Waals surface area contributed by atoms with Gasteiger partial charge < -0.3 is 9.90 Å². The average Bonchev–Trinajstić information content (AvgIpc) is 2.04. The van der Waals surface area contributed by atoms with E-state index in [2.05, 4.69) is 0 Å². The second-order valence-corrected chi connectivity index (χ2v) is 2.95. The van der Waals surface area contributed by atoms with Crippen LogP contribution >= 0.6 is 0 Å². The van der Waals surface area contributed by atoms with Crippen molar-refractivity contribution in [3.05, 3.63) is 35.4 Å². The maximum Gasteiger partial charge on any atom is 1.00 e. The Morgan fingerprint density at radius 2 is 1.77 bits per heavy atom. The van der Waals surface area contributed by atoms with Gasteiger partial charge in [-0.3, -0.25) is 0 Å². The molecule has 64 valence electrons. The number of carboxylic acid groups (broad SMARTS) is 1. The summed E-state index contributed by atoms with van der Waals surface area (Å²) < 4.78 is 0. The van der Waals surface area contributed by atoms with Crippen molar-refractivity contribution in [2.24, 2.45) is 0 Å². The molecule has 3 heteroatoms. The van der Waals surface area contributed by atoms with Crippen LogP contribution in [0.2, 0.25) is 0 Å². The minimum Gasteiger partial charge on any atom is -0.550 e. The van der Waals surface area contributed by atoms with Gasteiger partial charge in [0, 0.05) is 11.9 Å². The molecule has 0 spiro atoms. The summed E-state index contributed by atoms with van der Waals surface area (Å²) in [6.45, 7) is 3.59. The molecular weight excluding hydrogens is 175 g/mol. The maximum atomic E-state index is 10.5. The van der Waals surface area contributed by atoms with Crippen molar-refractivity contribution in [3.63, 3.8) is 0 Å². The molecule has 2 nitrogen and oxygen atoms in total. The first-order valence-electron chi connectivity index (χ1n) is 3.88. The molecule has 1 rings (SSSR count). The number of hydrogen-bond donors (Lipinski definition) is 0. The smallest absolute Gasteiger partial charge is 0.550 e. The molecule has 0 bridgehead atoms. The number of carbonyl (C=O) groups is 1. The maximum absolute atomic E-state index is 10.5. The van der Waals surface area contributed by atoms with Crippen LogP contribution in [0.5, 0.6) is 0 Å². The topological polar surface area (TPSA) is 40.1 Å². The zero-order valence-corrected chi connectivity index (χ0v) is 10.2. The van der Waals surface area contributed by atoms with Gasteiger partial charge in [0.25, 0.3) is 0 Å². The molecule has 0 aliphatic heterocycles. The van der Waals surface area contributed by atoms with Crippen LogP contribution in [0.1, 0.15) is 24.0 Å².